The number of para-hydroxylation sites is 1. The number of rotatable bonds is 3. The van der Waals surface area contributed by atoms with Crippen molar-refractivity contribution < 1.29 is 9.59 Å². The molecule has 4 nitrogen and oxygen atoms in total. The molecule has 1 aliphatic heterocycles. The zero-order valence-electron chi connectivity index (χ0n) is 16.8. The number of benzene rings is 2. The van der Waals surface area contributed by atoms with Gasteiger partial charge in [-0.25, -0.2) is 0 Å². The predicted octanol–water partition coefficient (Wildman–Crippen LogP) is 4.59. The zero-order chi connectivity index (χ0) is 19.8. The first-order valence-corrected chi connectivity index (χ1v) is 9.45. The second-order valence-corrected chi connectivity index (χ2v) is 8.46. The Hall–Kier alpha value is -2.62. The molecular formula is C23H28N2O2. The molecule has 1 atom stereocenters. The largest absolute Gasteiger partial charge is 0.326 e. The first-order valence-electron chi connectivity index (χ1n) is 9.45. The van der Waals surface area contributed by atoms with Crippen LogP contribution in [0.1, 0.15) is 43.9 Å². The molecule has 0 bridgehead atoms. The van der Waals surface area contributed by atoms with E-state index in [0.717, 1.165) is 22.5 Å². The number of nitrogens with zero attached hydrogens (tertiary/aromatic N) is 1. The second kappa shape index (κ2) is 7.18. The van der Waals surface area contributed by atoms with Crippen LogP contribution in [-0.4, -0.2) is 18.4 Å². The number of hydrogen-bond donors (Lipinski definition) is 1. The van der Waals surface area contributed by atoms with Gasteiger partial charge in [-0.1, -0.05) is 45.0 Å². The lowest BCUT2D eigenvalue weighted by molar-refractivity contribution is -0.122. The SMILES string of the molecule is Cc1ccc(NC(=O)C2CC(=O)N(c3ccccc3C(C)(C)C)C2)cc1C. The van der Waals surface area contributed by atoms with E-state index >= 15 is 0 Å². The molecule has 0 aromatic heterocycles. The van der Waals surface area contributed by atoms with Crippen LogP contribution < -0.4 is 10.2 Å². The van der Waals surface area contributed by atoms with E-state index in [1.807, 2.05) is 50.2 Å². The van der Waals surface area contributed by atoms with Gasteiger partial charge >= 0.3 is 0 Å². The normalized spacial score (nSPS) is 17.3. The quantitative estimate of drug-likeness (QED) is 0.866. The number of aryl methyl sites for hydroxylation is 2. The van der Waals surface area contributed by atoms with Crippen LogP contribution in [0.2, 0.25) is 0 Å². The smallest absolute Gasteiger partial charge is 0.229 e. The number of hydrogen-bond acceptors (Lipinski definition) is 2. The number of nitrogens with one attached hydrogen (secondary N) is 1. The van der Waals surface area contributed by atoms with E-state index in [2.05, 4.69) is 32.2 Å². The molecule has 0 saturated carbocycles. The maximum absolute atomic E-state index is 12.7. The highest BCUT2D eigenvalue weighted by atomic mass is 16.2. The van der Waals surface area contributed by atoms with E-state index in [1.165, 1.54) is 5.56 Å². The van der Waals surface area contributed by atoms with Crippen molar-refractivity contribution in [3.8, 4) is 0 Å². The molecule has 1 aliphatic rings. The Balaban J connectivity index is 1.78. The number of carbonyl (C=O) groups is 2. The summed E-state index contributed by atoms with van der Waals surface area (Å²) in [4.78, 5) is 27.2. The first kappa shape index (κ1) is 19.2. The van der Waals surface area contributed by atoms with Gasteiger partial charge in [-0.3, -0.25) is 9.59 Å². The fourth-order valence-electron chi connectivity index (χ4n) is 3.52. The zero-order valence-corrected chi connectivity index (χ0v) is 16.8. The summed E-state index contributed by atoms with van der Waals surface area (Å²) in [5.74, 6) is -0.429. The van der Waals surface area contributed by atoms with Gasteiger partial charge in [0.25, 0.3) is 0 Å². The molecule has 3 rings (SSSR count). The summed E-state index contributed by atoms with van der Waals surface area (Å²) >= 11 is 0. The molecule has 4 heteroatoms. The van der Waals surface area contributed by atoms with Gasteiger partial charge in [-0.05, 0) is 54.2 Å². The van der Waals surface area contributed by atoms with Crippen LogP contribution in [0.15, 0.2) is 42.5 Å². The van der Waals surface area contributed by atoms with Gasteiger partial charge in [0.15, 0.2) is 0 Å². The Morgan fingerprint density at radius 3 is 2.44 bits per heavy atom. The Kier molecular flexibility index (Phi) is 5.09. The van der Waals surface area contributed by atoms with Gasteiger partial charge in [-0.2, -0.15) is 0 Å². The average molecular weight is 364 g/mol. The van der Waals surface area contributed by atoms with E-state index in [0.29, 0.717) is 6.54 Å². The molecule has 1 heterocycles. The van der Waals surface area contributed by atoms with E-state index in [4.69, 9.17) is 0 Å². The molecule has 2 amide bonds. The predicted molar refractivity (Wildman–Crippen MR) is 110 cm³/mol. The van der Waals surface area contributed by atoms with Crippen LogP contribution in [0.25, 0.3) is 0 Å². The molecule has 0 spiro atoms. The van der Waals surface area contributed by atoms with Crippen LogP contribution in [0.4, 0.5) is 11.4 Å². The Bertz CT molecular complexity index is 880. The topological polar surface area (TPSA) is 49.4 Å². The molecule has 1 saturated heterocycles. The van der Waals surface area contributed by atoms with Crippen molar-refractivity contribution in [1.29, 1.82) is 0 Å². The molecule has 1 N–H and O–H groups in total. The molecule has 2 aromatic rings. The molecule has 27 heavy (non-hydrogen) atoms. The molecule has 2 aromatic carbocycles. The molecule has 0 aliphatic carbocycles. The lowest BCUT2D eigenvalue weighted by Crippen LogP contribution is -2.30. The number of amides is 2. The average Bonchev–Trinajstić information content (AvgIpc) is 2.99. The van der Waals surface area contributed by atoms with E-state index in [1.54, 1.807) is 4.90 Å². The summed E-state index contributed by atoms with van der Waals surface area (Å²) in [5, 5.41) is 2.97. The highest BCUT2D eigenvalue weighted by molar-refractivity contribution is 6.04. The third-order valence-electron chi connectivity index (χ3n) is 5.27. The Morgan fingerprint density at radius 1 is 1.07 bits per heavy atom. The summed E-state index contributed by atoms with van der Waals surface area (Å²) in [7, 11) is 0. The lowest BCUT2D eigenvalue weighted by Gasteiger charge is -2.27. The van der Waals surface area contributed by atoms with Crippen LogP contribution >= 0.6 is 0 Å². The lowest BCUT2D eigenvalue weighted by atomic mass is 9.85. The van der Waals surface area contributed by atoms with E-state index in [-0.39, 0.29) is 29.6 Å². The van der Waals surface area contributed by atoms with Crippen molar-refractivity contribution in [2.24, 2.45) is 5.92 Å². The highest BCUT2D eigenvalue weighted by Gasteiger charge is 2.37. The summed E-state index contributed by atoms with van der Waals surface area (Å²) in [6.07, 6.45) is 0.245. The van der Waals surface area contributed by atoms with Gasteiger partial charge in [0.1, 0.15) is 0 Å². The van der Waals surface area contributed by atoms with Crippen LogP contribution in [0, 0.1) is 19.8 Å². The van der Waals surface area contributed by atoms with Crippen molar-refractivity contribution in [3.63, 3.8) is 0 Å². The first-order chi connectivity index (χ1) is 12.7. The van der Waals surface area contributed by atoms with Crippen LogP contribution in [0.3, 0.4) is 0 Å². The highest BCUT2D eigenvalue weighted by Crippen LogP contribution is 2.35. The summed E-state index contributed by atoms with van der Waals surface area (Å²) in [6, 6.07) is 13.8. The Morgan fingerprint density at radius 2 is 1.78 bits per heavy atom. The standard InChI is InChI=1S/C23H28N2O2/c1-15-10-11-18(12-16(15)2)24-22(27)17-13-21(26)25(14-17)20-9-7-6-8-19(20)23(3,4)5/h6-12,17H,13-14H2,1-5H3,(H,24,27). The maximum atomic E-state index is 12.7. The van der Waals surface area contributed by atoms with Gasteiger partial charge in [0.05, 0.1) is 5.92 Å². The van der Waals surface area contributed by atoms with Crippen LogP contribution in [0.5, 0.6) is 0 Å². The summed E-state index contributed by atoms with van der Waals surface area (Å²) in [5.41, 5.74) is 5.07. The minimum absolute atomic E-state index is 0.00642. The number of carbonyl (C=O) groups excluding carboxylic acids is 2. The minimum atomic E-state index is -0.341. The van der Waals surface area contributed by atoms with E-state index < -0.39 is 0 Å². The minimum Gasteiger partial charge on any atom is -0.326 e. The van der Waals surface area contributed by atoms with E-state index in [9.17, 15) is 9.59 Å². The molecule has 142 valence electrons. The maximum Gasteiger partial charge on any atom is 0.229 e. The summed E-state index contributed by atoms with van der Waals surface area (Å²) in [6.45, 7) is 10.9. The van der Waals surface area contributed by atoms with Gasteiger partial charge < -0.3 is 10.2 Å². The monoisotopic (exact) mass is 364 g/mol. The van der Waals surface area contributed by atoms with Gasteiger partial charge in [0, 0.05) is 24.3 Å². The van der Waals surface area contributed by atoms with Crippen molar-refractivity contribution >= 4 is 23.2 Å². The number of anilines is 2. The van der Waals surface area contributed by atoms with Gasteiger partial charge in [-0.15, -0.1) is 0 Å². The van der Waals surface area contributed by atoms with Crippen molar-refractivity contribution in [1.82, 2.24) is 0 Å². The van der Waals surface area contributed by atoms with Crippen LogP contribution in [-0.2, 0) is 15.0 Å². The van der Waals surface area contributed by atoms with Crippen molar-refractivity contribution in [3.05, 3.63) is 59.2 Å². The fourth-order valence-corrected chi connectivity index (χ4v) is 3.52. The molecular weight excluding hydrogens is 336 g/mol. The third kappa shape index (κ3) is 4.05. The van der Waals surface area contributed by atoms with Crippen molar-refractivity contribution in [2.45, 2.75) is 46.5 Å². The Labute approximate surface area is 161 Å². The summed E-state index contributed by atoms with van der Waals surface area (Å²) < 4.78 is 0. The molecule has 1 fully saturated rings. The molecule has 0 radical (unpaired) electrons. The van der Waals surface area contributed by atoms with Gasteiger partial charge in [0.2, 0.25) is 11.8 Å². The fraction of sp³-hybridized carbons (Fsp3) is 0.391. The third-order valence-corrected chi connectivity index (χ3v) is 5.27. The second-order valence-electron chi connectivity index (χ2n) is 8.46. The molecule has 1 unspecified atom stereocenters. The van der Waals surface area contributed by atoms with Crippen molar-refractivity contribution in [2.75, 3.05) is 16.8 Å².